The maximum Gasteiger partial charge on any atom is 0.118 e. The Hall–Kier alpha value is -0.800. The topological polar surface area (TPSA) is 28.4 Å². The molecule has 0 aromatic carbocycles. The van der Waals surface area contributed by atoms with Gasteiger partial charge >= 0.3 is 0 Å². The van der Waals surface area contributed by atoms with Gasteiger partial charge in [0.1, 0.15) is 11.5 Å². The number of hydrogen-bond donors (Lipinski definition) is 1. The van der Waals surface area contributed by atoms with Crippen LogP contribution in [0.1, 0.15) is 57.5 Å². The van der Waals surface area contributed by atoms with Crippen LogP contribution in [0.5, 0.6) is 0 Å². The molecule has 1 fully saturated rings. The Kier molecular flexibility index (Phi) is 6.11. The standard InChI is InChI=1S/C17H30N2O/c1-14(2)18-11-16-9-10-17(20-16)13-19(3)12-15-7-5-4-6-8-15/h9-10,14-15,18H,4-8,11-13H2,1-3H3. The highest BCUT2D eigenvalue weighted by Gasteiger charge is 2.16. The molecule has 1 heterocycles. The third-order valence-corrected chi connectivity index (χ3v) is 4.12. The van der Waals surface area contributed by atoms with E-state index < -0.39 is 0 Å². The van der Waals surface area contributed by atoms with E-state index >= 15 is 0 Å². The number of furan rings is 1. The monoisotopic (exact) mass is 278 g/mol. The van der Waals surface area contributed by atoms with Crippen LogP contribution in [0.4, 0.5) is 0 Å². The molecule has 0 unspecified atom stereocenters. The van der Waals surface area contributed by atoms with Crippen LogP contribution in [0.2, 0.25) is 0 Å². The molecule has 0 radical (unpaired) electrons. The lowest BCUT2D eigenvalue weighted by molar-refractivity contribution is 0.214. The van der Waals surface area contributed by atoms with Crippen molar-refractivity contribution < 1.29 is 4.42 Å². The van der Waals surface area contributed by atoms with Crippen LogP contribution in [0.3, 0.4) is 0 Å². The molecule has 0 bridgehead atoms. The highest BCUT2D eigenvalue weighted by Crippen LogP contribution is 2.24. The van der Waals surface area contributed by atoms with Crippen molar-refractivity contribution in [2.24, 2.45) is 5.92 Å². The maximum atomic E-state index is 5.89. The zero-order chi connectivity index (χ0) is 14.4. The second kappa shape index (κ2) is 7.84. The lowest BCUT2D eigenvalue weighted by atomic mass is 9.89. The Morgan fingerprint density at radius 2 is 1.90 bits per heavy atom. The number of nitrogens with zero attached hydrogens (tertiary/aromatic N) is 1. The maximum absolute atomic E-state index is 5.89. The summed E-state index contributed by atoms with van der Waals surface area (Å²) < 4.78 is 5.89. The predicted octanol–water partition coefficient (Wildman–Crippen LogP) is 3.79. The minimum absolute atomic E-state index is 0.498. The van der Waals surface area contributed by atoms with E-state index in [1.807, 2.05) is 0 Å². The normalized spacial score (nSPS) is 17.2. The first-order valence-electron chi connectivity index (χ1n) is 8.13. The molecule has 114 valence electrons. The second-order valence-electron chi connectivity index (χ2n) is 6.60. The molecule has 2 rings (SSSR count). The molecule has 3 nitrogen and oxygen atoms in total. The first-order valence-corrected chi connectivity index (χ1v) is 8.13. The quantitative estimate of drug-likeness (QED) is 0.822. The smallest absolute Gasteiger partial charge is 0.118 e. The molecule has 0 saturated heterocycles. The van der Waals surface area contributed by atoms with E-state index in [1.54, 1.807) is 0 Å². The third-order valence-electron chi connectivity index (χ3n) is 4.12. The summed E-state index contributed by atoms with van der Waals surface area (Å²) in [6, 6.07) is 4.71. The van der Waals surface area contributed by atoms with Gasteiger partial charge in [-0.25, -0.2) is 0 Å². The van der Waals surface area contributed by atoms with E-state index in [-0.39, 0.29) is 0 Å². The van der Waals surface area contributed by atoms with Crippen LogP contribution in [-0.4, -0.2) is 24.5 Å². The summed E-state index contributed by atoms with van der Waals surface area (Å²) in [7, 11) is 2.21. The minimum atomic E-state index is 0.498. The lowest BCUT2D eigenvalue weighted by Gasteiger charge is -2.26. The van der Waals surface area contributed by atoms with E-state index in [9.17, 15) is 0 Å². The molecule has 0 amide bonds. The first-order chi connectivity index (χ1) is 9.63. The van der Waals surface area contributed by atoms with Gasteiger partial charge in [-0.15, -0.1) is 0 Å². The zero-order valence-electron chi connectivity index (χ0n) is 13.3. The van der Waals surface area contributed by atoms with Crippen molar-refractivity contribution in [2.45, 2.75) is 65.1 Å². The first kappa shape index (κ1) is 15.6. The van der Waals surface area contributed by atoms with Crippen LogP contribution < -0.4 is 5.32 Å². The Bertz CT molecular complexity index is 380. The van der Waals surface area contributed by atoms with Gasteiger partial charge < -0.3 is 9.73 Å². The SMILES string of the molecule is CC(C)NCc1ccc(CN(C)CC2CCCCC2)o1. The Balaban J connectivity index is 1.74. The molecule has 0 aliphatic heterocycles. The van der Waals surface area contributed by atoms with Crippen molar-refractivity contribution in [3.05, 3.63) is 23.7 Å². The van der Waals surface area contributed by atoms with Crippen LogP contribution >= 0.6 is 0 Å². The second-order valence-corrected chi connectivity index (χ2v) is 6.60. The van der Waals surface area contributed by atoms with Gasteiger partial charge in [-0.05, 0) is 37.9 Å². The summed E-state index contributed by atoms with van der Waals surface area (Å²) >= 11 is 0. The van der Waals surface area contributed by atoms with Gasteiger partial charge in [-0.3, -0.25) is 4.90 Å². The predicted molar refractivity (Wildman–Crippen MR) is 83.6 cm³/mol. The fourth-order valence-electron chi connectivity index (χ4n) is 3.05. The molecule has 3 heteroatoms. The van der Waals surface area contributed by atoms with Crippen molar-refractivity contribution in [1.82, 2.24) is 10.2 Å². The summed E-state index contributed by atoms with van der Waals surface area (Å²) in [4.78, 5) is 2.41. The molecule has 1 aromatic heterocycles. The molecule has 0 spiro atoms. The summed E-state index contributed by atoms with van der Waals surface area (Å²) in [6.07, 6.45) is 7.09. The summed E-state index contributed by atoms with van der Waals surface area (Å²) in [5.74, 6) is 3.02. The highest BCUT2D eigenvalue weighted by atomic mass is 16.3. The minimum Gasteiger partial charge on any atom is -0.463 e. The van der Waals surface area contributed by atoms with Gasteiger partial charge in [0.2, 0.25) is 0 Å². The molecule has 1 aromatic rings. The average Bonchev–Trinajstić information content (AvgIpc) is 2.85. The number of nitrogens with one attached hydrogen (secondary N) is 1. The van der Waals surface area contributed by atoms with E-state index in [2.05, 4.69) is 43.2 Å². The van der Waals surface area contributed by atoms with Gasteiger partial charge in [0.05, 0.1) is 13.1 Å². The van der Waals surface area contributed by atoms with E-state index in [4.69, 9.17) is 4.42 Å². The molecule has 1 aliphatic rings. The summed E-state index contributed by atoms with van der Waals surface area (Å²) in [5.41, 5.74) is 0. The molecule has 0 atom stereocenters. The van der Waals surface area contributed by atoms with Gasteiger partial charge in [0.15, 0.2) is 0 Å². The van der Waals surface area contributed by atoms with Gasteiger partial charge in [-0.2, -0.15) is 0 Å². The van der Waals surface area contributed by atoms with Crippen LogP contribution in [0.25, 0.3) is 0 Å². The van der Waals surface area contributed by atoms with Crippen molar-refractivity contribution >= 4 is 0 Å². The third kappa shape index (κ3) is 5.29. The van der Waals surface area contributed by atoms with Crippen LogP contribution in [-0.2, 0) is 13.1 Å². The molecule has 1 saturated carbocycles. The summed E-state index contributed by atoms with van der Waals surface area (Å²) in [5, 5.41) is 3.39. The van der Waals surface area contributed by atoms with Crippen molar-refractivity contribution in [3.8, 4) is 0 Å². The van der Waals surface area contributed by atoms with Gasteiger partial charge in [0, 0.05) is 12.6 Å². The van der Waals surface area contributed by atoms with Crippen molar-refractivity contribution in [2.75, 3.05) is 13.6 Å². The van der Waals surface area contributed by atoms with Gasteiger partial charge in [-0.1, -0.05) is 33.1 Å². The molecule has 1 N–H and O–H groups in total. The fourth-order valence-corrected chi connectivity index (χ4v) is 3.05. The van der Waals surface area contributed by atoms with Crippen molar-refractivity contribution in [1.29, 1.82) is 0 Å². The number of hydrogen-bond acceptors (Lipinski definition) is 3. The fraction of sp³-hybridized carbons (Fsp3) is 0.765. The van der Waals surface area contributed by atoms with E-state index in [0.29, 0.717) is 6.04 Å². The van der Waals surface area contributed by atoms with E-state index in [0.717, 1.165) is 30.5 Å². The molecular formula is C17H30N2O. The van der Waals surface area contributed by atoms with Crippen molar-refractivity contribution in [3.63, 3.8) is 0 Å². The Labute approximate surface area is 123 Å². The lowest BCUT2D eigenvalue weighted by Crippen LogP contribution is -2.26. The highest BCUT2D eigenvalue weighted by molar-refractivity contribution is 5.07. The molecule has 20 heavy (non-hydrogen) atoms. The molecular weight excluding hydrogens is 248 g/mol. The Morgan fingerprint density at radius 3 is 2.60 bits per heavy atom. The summed E-state index contributed by atoms with van der Waals surface area (Å²) in [6.45, 7) is 7.27. The van der Waals surface area contributed by atoms with Gasteiger partial charge in [0.25, 0.3) is 0 Å². The number of rotatable bonds is 7. The van der Waals surface area contributed by atoms with Crippen LogP contribution in [0, 0.1) is 5.92 Å². The molecule has 1 aliphatic carbocycles. The Morgan fingerprint density at radius 1 is 1.20 bits per heavy atom. The zero-order valence-corrected chi connectivity index (χ0v) is 13.3. The van der Waals surface area contributed by atoms with E-state index in [1.165, 1.54) is 38.6 Å². The largest absolute Gasteiger partial charge is 0.463 e. The van der Waals surface area contributed by atoms with Crippen LogP contribution in [0.15, 0.2) is 16.5 Å². The average molecular weight is 278 g/mol.